The first-order valence-electron chi connectivity index (χ1n) is 6.09. The third-order valence-corrected chi connectivity index (χ3v) is 3.33. The number of hydrogen-bond donors (Lipinski definition) is 2. The highest BCUT2D eigenvalue weighted by Gasteiger charge is 2.25. The predicted molar refractivity (Wildman–Crippen MR) is 61.0 cm³/mol. The standard InChI is InChI=1S/C12H23NO2/c1-12(8-4-2-5-9-12)13-10-6-3-7-11(14)15/h13H,2-10H2,1H3,(H,14,15). The van der Waals surface area contributed by atoms with E-state index < -0.39 is 5.97 Å². The average Bonchev–Trinajstić information content (AvgIpc) is 2.17. The van der Waals surface area contributed by atoms with Gasteiger partial charge in [0.15, 0.2) is 0 Å². The van der Waals surface area contributed by atoms with Crippen molar-refractivity contribution in [3.8, 4) is 0 Å². The maximum Gasteiger partial charge on any atom is 0.303 e. The van der Waals surface area contributed by atoms with Gasteiger partial charge in [0.25, 0.3) is 0 Å². The SMILES string of the molecule is CC1(NCCCCC(=O)O)CCCCC1. The number of hydrogen-bond acceptors (Lipinski definition) is 2. The van der Waals surface area contributed by atoms with Crippen molar-refractivity contribution in [1.82, 2.24) is 5.32 Å². The summed E-state index contributed by atoms with van der Waals surface area (Å²) < 4.78 is 0. The first-order chi connectivity index (χ1) is 7.12. The number of nitrogens with one attached hydrogen (secondary N) is 1. The highest BCUT2D eigenvalue weighted by atomic mass is 16.4. The minimum atomic E-state index is -0.682. The second kappa shape index (κ2) is 6.11. The zero-order valence-electron chi connectivity index (χ0n) is 9.72. The molecule has 0 amide bonds. The number of carboxylic acids is 1. The molecule has 0 spiro atoms. The van der Waals surface area contributed by atoms with Gasteiger partial charge < -0.3 is 10.4 Å². The third kappa shape index (κ3) is 5.17. The molecule has 0 aromatic carbocycles. The lowest BCUT2D eigenvalue weighted by molar-refractivity contribution is -0.137. The molecule has 0 aliphatic heterocycles. The molecule has 0 aromatic rings. The molecule has 15 heavy (non-hydrogen) atoms. The Hall–Kier alpha value is -0.570. The van der Waals surface area contributed by atoms with Crippen LogP contribution in [0.1, 0.15) is 58.3 Å². The largest absolute Gasteiger partial charge is 0.481 e. The molecule has 88 valence electrons. The Morgan fingerprint density at radius 1 is 1.27 bits per heavy atom. The first kappa shape index (κ1) is 12.5. The molecule has 0 aromatic heterocycles. The van der Waals surface area contributed by atoms with Gasteiger partial charge in [-0.1, -0.05) is 19.3 Å². The van der Waals surface area contributed by atoms with Crippen LogP contribution in [0.3, 0.4) is 0 Å². The van der Waals surface area contributed by atoms with E-state index in [1.54, 1.807) is 0 Å². The van der Waals surface area contributed by atoms with E-state index >= 15 is 0 Å². The van der Waals surface area contributed by atoms with Crippen molar-refractivity contribution in [3.63, 3.8) is 0 Å². The van der Waals surface area contributed by atoms with Gasteiger partial charge in [0.1, 0.15) is 0 Å². The summed E-state index contributed by atoms with van der Waals surface area (Å²) >= 11 is 0. The van der Waals surface area contributed by atoms with Crippen molar-refractivity contribution in [3.05, 3.63) is 0 Å². The Bertz CT molecular complexity index is 198. The summed E-state index contributed by atoms with van der Waals surface area (Å²) in [6.07, 6.45) is 8.64. The topological polar surface area (TPSA) is 49.3 Å². The van der Waals surface area contributed by atoms with Gasteiger partial charge in [-0.15, -0.1) is 0 Å². The van der Waals surface area contributed by atoms with E-state index in [4.69, 9.17) is 5.11 Å². The van der Waals surface area contributed by atoms with Crippen LogP contribution in [0.5, 0.6) is 0 Å². The summed E-state index contributed by atoms with van der Waals surface area (Å²) in [6.45, 7) is 3.26. The quantitative estimate of drug-likeness (QED) is 0.667. The van der Waals surface area contributed by atoms with E-state index in [1.165, 1.54) is 32.1 Å². The zero-order chi connectivity index (χ0) is 11.1. The molecular formula is C12H23NO2. The maximum atomic E-state index is 10.3. The van der Waals surface area contributed by atoms with Crippen LogP contribution in [0.4, 0.5) is 0 Å². The summed E-state index contributed by atoms with van der Waals surface area (Å²) in [6, 6.07) is 0. The van der Waals surface area contributed by atoms with Crippen LogP contribution >= 0.6 is 0 Å². The lowest BCUT2D eigenvalue weighted by Gasteiger charge is -2.34. The minimum absolute atomic E-state index is 0.304. The van der Waals surface area contributed by atoms with Crippen molar-refractivity contribution >= 4 is 5.97 Å². The molecule has 0 heterocycles. The van der Waals surface area contributed by atoms with Gasteiger partial charge in [-0.25, -0.2) is 0 Å². The fourth-order valence-corrected chi connectivity index (χ4v) is 2.30. The van der Waals surface area contributed by atoms with E-state index in [2.05, 4.69) is 12.2 Å². The van der Waals surface area contributed by atoms with E-state index in [0.717, 1.165) is 19.4 Å². The molecule has 1 aliphatic carbocycles. The number of aliphatic carboxylic acids is 1. The second-order valence-electron chi connectivity index (χ2n) is 4.90. The minimum Gasteiger partial charge on any atom is -0.481 e. The molecular weight excluding hydrogens is 190 g/mol. The van der Waals surface area contributed by atoms with Crippen LogP contribution in [0.2, 0.25) is 0 Å². The molecule has 3 heteroatoms. The fourth-order valence-electron chi connectivity index (χ4n) is 2.30. The molecule has 0 saturated heterocycles. The van der Waals surface area contributed by atoms with Crippen LogP contribution in [-0.4, -0.2) is 23.2 Å². The van der Waals surface area contributed by atoms with E-state index in [-0.39, 0.29) is 0 Å². The summed E-state index contributed by atoms with van der Waals surface area (Å²) in [5.41, 5.74) is 0.321. The van der Waals surface area contributed by atoms with E-state index in [9.17, 15) is 4.79 Å². The van der Waals surface area contributed by atoms with Gasteiger partial charge in [-0.3, -0.25) is 4.79 Å². The molecule has 0 bridgehead atoms. The third-order valence-electron chi connectivity index (χ3n) is 3.33. The maximum absolute atomic E-state index is 10.3. The zero-order valence-corrected chi connectivity index (χ0v) is 9.72. The smallest absolute Gasteiger partial charge is 0.303 e. The highest BCUT2D eigenvalue weighted by Crippen LogP contribution is 2.27. The van der Waals surface area contributed by atoms with Crippen molar-refractivity contribution in [2.75, 3.05) is 6.54 Å². The van der Waals surface area contributed by atoms with Crippen molar-refractivity contribution in [1.29, 1.82) is 0 Å². The van der Waals surface area contributed by atoms with Gasteiger partial charge in [0.05, 0.1) is 0 Å². The molecule has 1 fully saturated rings. The lowest BCUT2D eigenvalue weighted by atomic mass is 9.83. The summed E-state index contributed by atoms with van der Waals surface area (Å²) in [7, 11) is 0. The number of carbonyl (C=O) groups is 1. The second-order valence-corrected chi connectivity index (χ2v) is 4.90. The average molecular weight is 213 g/mol. The molecule has 0 atom stereocenters. The molecule has 3 nitrogen and oxygen atoms in total. The Labute approximate surface area is 92.3 Å². The first-order valence-corrected chi connectivity index (χ1v) is 6.09. The molecule has 0 unspecified atom stereocenters. The normalized spacial score (nSPS) is 20.1. The van der Waals surface area contributed by atoms with Gasteiger partial charge in [0, 0.05) is 12.0 Å². The van der Waals surface area contributed by atoms with Crippen LogP contribution in [0.15, 0.2) is 0 Å². The van der Waals surface area contributed by atoms with Crippen LogP contribution < -0.4 is 5.32 Å². The van der Waals surface area contributed by atoms with E-state index in [0.29, 0.717) is 12.0 Å². The number of unbranched alkanes of at least 4 members (excludes halogenated alkanes) is 1. The van der Waals surface area contributed by atoms with E-state index in [1.807, 2.05) is 0 Å². The molecule has 2 N–H and O–H groups in total. The Morgan fingerprint density at radius 2 is 1.93 bits per heavy atom. The van der Waals surface area contributed by atoms with Crippen LogP contribution in [0, 0.1) is 0 Å². The van der Waals surface area contributed by atoms with Crippen molar-refractivity contribution in [2.45, 2.75) is 63.8 Å². The lowest BCUT2D eigenvalue weighted by Crippen LogP contribution is -2.44. The van der Waals surface area contributed by atoms with Gasteiger partial charge in [0.2, 0.25) is 0 Å². The summed E-state index contributed by atoms with van der Waals surface area (Å²) in [5.74, 6) is -0.682. The van der Waals surface area contributed by atoms with Crippen LogP contribution in [-0.2, 0) is 4.79 Å². The Balaban J connectivity index is 2.05. The van der Waals surface area contributed by atoms with Crippen LogP contribution in [0.25, 0.3) is 0 Å². The molecule has 0 radical (unpaired) electrons. The Kier molecular flexibility index (Phi) is 5.09. The van der Waals surface area contributed by atoms with Gasteiger partial charge in [-0.2, -0.15) is 0 Å². The van der Waals surface area contributed by atoms with Crippen molar-refractivity contribution < 1.29 is 9.90 Å². The summed E-state index contributed by atoms with van der Waals surface area (Å²) in [5, 5.41) is 12.1. The Morgan fingerprint density at radius 3 is 2.53 bits per heavy atom. The highest BCUT2D eigenvalue weighted by molar-refractivity contribution is 5.66. The number of rotatable bonds is 6. The predicted octanol–water partition coefficient (Wildman–Crippen LogP) is 2.55. The fraction of sp³-hybridized carbons (Fsp3) is 0.917. The number of carboxylic acid groups (broad SMARTS) is 1. The monoisotopic (exact) mass is 213 g/mol. The molecule has 1 aliphatic rings. The summed E-state index contributed by atoms with van der Waals surface area (Å²) in [4.78, 5) is 10.3. The molecule has 1 saturated carbocycles. The van der Waals surface area contributed by atoms with Gasteiger partial charge >= 0.3 is 5.97 Å². The van der Waals surface area contributed by atoms with Gasteiger partial charge in [-0.05, 0) is 39.2 Å². The van der Waals surface area contributed by atoms with Crippen molar-refractivity contribution in [2.24, 2.45) is 0 Å². The molecule has 1 rings (SSSR count).